The molecule has 2 rings (SSSR count). The minimum absolute atomic E-state index is 0.123. The number of nitrogens with one attached hydrogen (secondary N) is 1. The van der Waals surface area contributed by atoms with E-state index < -0.39 is 6.10 Å². The molecule has 118 valence electrons. The van der Waals surface area contributed by atoms with Crippen LogP contribution in [0.4, 0.5) is 5.69 Å². The van der Waals surface area contributed by atoms with E-state index in [4.69, 9.17) is 4.74 Å². The van der Waals surface area contributed by atoms with Crippen molar-refractivity contribution in [2.75, 3.05) is 32.6 Å². The number of hydrogen-bond acceptors (Lipinski definition) is 4. The average Bonchev–Trinajstić information content (AvgIpc) is 2.56. The van der Waals surface area contributed by atoms with E-state index in [0.717, 1.165) is 17.0 Å². The second kappa shape index (κ2) is 7.82. The standard InChI is InChI=1S/C18H24N2O2/c1-19-13-17(21)18(14-7-5-4-6-8-14)20(2)15-9-11-16(22-3)12-10-15/h4-12,17-19,21H,13H2,1-3H3. The normalized spacial score (nSPS) is 13.5. The molecule has 0 aliphatic rings. The van der Waals surface area contributed by atoms with Crippen LogP contribution in [0.1, 0.15) is 11.6 Å². The molecule has 0 spiro atoms. The summed E-state index contributed by atoms with van der Waals surface area (Å²) in [5.74, 6) is 0.823. The molecule has 0 aromatic heterocycles. The fraction of sp³-hybridized carbons (Fsp3) is 0.333. The largest absolute Gasteiger partial charge is 0.497 e. The van der Waals surface area contributed by atoms with Gasteiger partial charge in [-0.1, -0.05) is 30.3 Å². The fourth-order valence-electron chi connectivity index (χ4n) is 2.65. The number of ether oxygens (including phenoxy) is 1. The summed E-state index contributed by atoms with van der Waals surface area (Å²) in [6.07, 6.45) is -0.514. The second-order valence-electron chi connectivity index (χ2n) is 5.29. The molecule has 4 heteroatoms. The lowest BCUT2D eigenvalue weighted by molar-refractivity contribution is 0.142. The summed E-state index contributed by atoms with van der Waals surface area (Å²) >= 11 is 0. The van der Waals surface area contributed by atoms with Crippen LogP contribution in [0.5, 0.6) is 5.75 Å². The highest BCUT2D eigenvalue weighted by Crippen LogP contribution is 2.29. The molecule has 2 aromatic carbocycles. The second-order valence-corrected chi connectivity index (χ2v) is 5.29. The Morgan fingerprint density at radius 1 is 1.09 bits per heavy atom. The van der Waals surface area contributed by atoms with Gasteiger partial charge >= 0.3 is 0 Å². The van der Waals surface area contributed by atoms with Crippen LogP contribution in [0.25, 0.3) is 0 Å². The summed E-state index contributed by atoms with van der Waals surface area (Å²) in [4.78, 5) is 2.09. The Hall–Kier alpha value is -2.04. The van der Waals surface area contributed by atoms with Gasteiger partial charge in [0.25, 0.3) is 0 Å². The van der Waals surface area contributed by atoms with Crippen LogP contribution < -0.4 is 15.0 Å². The van der Waals surface area contributed by atoms with Gasteiger partial charge in [0.1, 0.15) is 5.75 Å². The maximum atomic E-state index is 10.6. The van der Waals surface area contributed by atoms with Crippen LogP contribution in [0, 0.1) is 0 Å². The molecule has 22 heavy (non-hydrogen) atoms. The van der Waals surface area contributed by atoms with Gasteiger partial charge < -0.3 is 20.1 Å². The third kappa shape index (κ3) is 3.78. The van der Waals surface area contributed by atoms with Gasteiger partial charge in [-0.3, -0.25) is 0 Å². The summed E-state index contributed by atoms with van der Waals surface area (Å²) in [5.41, 5.74) is 2.12. The highest BCUT2D eigenvalue weighted by atomic mass is 16.5. The Labute approximate surface area is 132 Å². The molecule has 0 fully saturated rings. The lowest BCUT2D eigenvalue weighted by Crippen LogP contribution is -2.39. The first-order valence-corrected chi connectivity index (χ1v) is 7.42. The lowest BCUT2D eigenvalue weighted by atomic mass is 9.99. The number of nitrogens with zero attached hydrogens (tertiary/aromatic N) is 1. The predicted octanol–water partition coefficient (Wildman–Crippen LogP) is 2.45. The van der Waals surface area contributed by atoms with Gasteiger partial charge in [-0.2, -0.15) is 0 Å². The SMILES string of the molecule is CNCC(O)C(c1ccccc1)N(C)c1ccc(OC)cc1. The summed E-state index contributed by atoms with van der Waals surface area (Å²) in [5, 5.41) is 13.6. The lowest BCUT2D eigenvalue weighted by Gasteiger charge is -2.34. The molecular weight excluding hydrogens is 276 g/mol. The number of hydrogen-bond donors (Lipinski definition) is 2. The van der Waals surface area contributed by atoms with Gasteiger partial charge in [0, 0.05) is 19.3 Å². The maximum absolute atomic E-state index is 10.6. The quantitative estimate of drug-likeness (QED) is 0.824. The average molecular weight is 300 g/mol. The van der Waals surface area contributed by atoms with E-state index >= 15 is 0 Å². The van der Waals surface area contributed by atoms with E-state index in [0.29, 0.717) is 6.54 Å². The highest BCUT2D eigenvalue weighted by Gasteiger charge is 2.25. The molecule has 0 heterocycles. The Balaban J connectivity index is 2.30. The zero-order valence-corrected chi connectivity index (χ0v) is 13.4. The highest BCUT2D eigenvalue weighted by molar-refractivity contribution is 5.51. The molecule has 0 aliphatic carbocycles. The van der Waals surface area contributed by atoms with Crippen molar-refractivity contribution in [1.82, 2.24) is 5.32 Å². The number of aliphatic hydroxyl groups is 1. The van der Waals surface area contributed by atoms with Gasteiger partial charge in [-0.15, -0.1) is 0 Å². The van der Waals surface area contributed by atoms with E-state index in [1.165, 1.54) is 0 Å². The maximum Gasteiger partial charge on any atom is 0.119 e. The van der Waals surface area contributed by atoms with Gasteiger partial charge in [0.05, 0.1) is 19.3 Å². The number of rotatable bonds is 7. The first kappa shape index (κ1) is 16.3. The van der Waals surface area contributed by atoms with E-state index in [1.807, 2.05) is 68.7 Å². The minimum atomic E-state index is -0.514. The smallest absolute Gasteiger partial charge is 0.119 e. The van der Waals surface area contributed by atoms with Crippen LogP contribution in [0.3, 0.4) is 0 Å². The molecule has 0 saturated heterocycles. The van der Waals surface area contributed by atoms with Crippen LogP contribution in [-0.4, -0.2) is 39.0 Å². The summed E-state index contributed by atoms with van der Waals surface area (Å²) in [6, 6.07) is 17.8. The monoisotopic (exact) mass is 300 g/mol. The number of methoxy groups -OCH3 is 1. The third-order valence-corrected chi connectivity index (χ3v) is 3.82. The first-order chi connectivity index (χ1) is 10.7. The van der Waals surface area contributed by atoms with E-state index in [-0.39, 0.29) is 6.04 Å². The van der Waals surface area contributed by atoms with Crippen molar-refractivity contribution in [3.05, 3.63) is 60.2 Å². The molecule has 2 N–H and O–H groups in total. The molecule has 0 aliphatic heterocycles. The van der Waals surface area contributed by atoms with E-state index in [1.54, 1.807) is 7.11 Å². The van der Waals surface area contributed by atoms with E-state index in [2.05, 4.69) is 10.2 Å². The molecule has 0 bridgehead atoms. The van der Waals surface area contributed by atoms with Gasteiger partial charge in [-0.25, -0.2) is 0 Å². The number of benzene rings is 2. The number of anilines is 1. The molecule has 2 aromatic rings. The summed E-state index contributed by atoms with van der Waals surface area (Å²) in [6.45, 7) is 0.528. The zero-order valence-electron chi connectivity index (χ0n) is 13.4. The number of likely N-dealkylation sites (N-methyl/N-ethyl adjacent to an activating group) is 2. The summed E-state index contributed by atoms with van der Waals surface area (Å²) < 4.78 is 5.20. The van der Waals surface area contributed by atoms with Crippen LogP contribution in [0.15, 0.2) is 54.6 Å². The van der Waals surface area contributed by atoms with Crippen LogP contribution >= 0.6 is 0 Å². The van der Waals surface area contributed by atoms with Crippen molar-refractivity contribution >= 4 is 5.69 Å². The Morgan fingerprint density at radius 2 is 1.73 bits per heavy atom. The third-order valence-electron chi connectivity index (χ3n) is 3.82. The topological polar surface area (TPSA) is 44.7 Å². The molecular formula is C18H24N2O2. The first-order valence-electron chi connectivity index (χ1n) is 7.42. The Morgan fingerprint density at radius 3 is 2.27 bits per heavy atom. The molecule has 2 atom stereocenters. The van der Waals surface area contributed by atoms with E-state index in [9.17, 15) is 5.11 Å². The van der Waals surface area contributed by atoms with Crippen molar-refractivity contribution < 1.29 is 9.84 Å². The molecule has 2 unspecified atom stereocenters. The Bertz CT molecular complexity index is 557. The minimum Gasteiger partial charge on any atom is -0.497 e. The van der Waals surface area contributed by atoms with Gasteiger partial charge in [0.15, 0.2) is 0 Å². The molecule has 0 radical (unpaired) electrons. The molecule has 0 saturated carbocycles. The zero-order chi connectivity index (χ0) is 15.9. The predicted molar refractivity (Wildman–Crippen MR) is 90.5 cm³/mol. The Kier molecular flexibility index (Phi) is 5.81. The van der Waals surface area contributed by atoms with Crippen molar-refractivity contribution in [3.8, 4) is 5.75 Å². The van der Waals surface area contributed by atoms with Crippen LogP contribution in [0.2, 0.25) is 0 Å². The fourth-order valence-corrected chi connectivity index (χ4v) is 2.65. The van der Waals surface area contributed by atoms with Crippen LogP contribution in [-0.2, 0) is 0 Å². The van der Waals surface area contributed by atoms with Crippen molar-refractivity contribution in [2.24, 2.45) is 0 Å². The van der Waals surface area contributed by atoms with Gasteiger partial charge in [-0.05, 0) is 36.9 Å². The summed E-state index contributed by atoms with van der Waals surface area (Å²) in [7, 11) is 5.50. The number of aliphatic hydroxyl groups excluding tert-OH is 1. The van der Waals surface area contributed by atoms with Crippen molar-refractivity contribution in [3.63, 3.8) is 0 Å². The van der Waals surface area contributed by atoms with Crippen molar-refractivity contribution in [2.45, 2.75) is 12.1 Å². The van der Waals surface area contributed by atoms with Crippen molar-refractivity contribution in [1.29, 1.82) is 0 Å². The molecule has 4 nitrogen and oxygen atoms in total. The van der Waals surface area contributed by atoms with Gasteiger partial charge in [0.2, 0.25) is 0 Å². The molecule has 0 amide bonds.